The number of allylic oxidation sites excluding steroid dienone is 4. The van der Waals surface area contributed by atoms with E-state index in [-0.39, 0.29) is 5.41 Å². The second-order valence-corrected chi connectivity index (χ2v) is 9.47. The van der Waals surface area contributed by atoms with Gasteiger partial charge in [0, 0.05) is 16.9 Å². The van der Waals surface area contributed by atoms with Crippen LogP contribution >= 0.6 is 11.6 Å². The Labute approximate surface area is 145 Å². The van der Waals surface area contributed by atoms with Crippen LogP contribution in [0.2, 0.25) is 0 Å². The summed E-state index contributed by atoms with van der Waals surface area (Å²) in [6.45, 7) is 7.16. The van der Waals surface area contributed by atoms with Gasteiger partial charge in [-0.1, -0.05) is 50.9 Å². The van der Waals surface area contributed by atoms with E-state index in [2.05, 4.69) is 32.9 Å². The zero-order valence-corrected chi connectivity index (χ0v) is 15.5. The van der Waals surface area contributed by atoms with E-state index < -0.39 is 6.17 Å². The van der Waals surface area contributed by atoms with E-state index in [1.165, 1.54) is 32.1 Å². The third-order valence-corrected chi connectivity index (χ3v) is 8.66. The average Bonchev–Trinajstić information content (AvgIpc) is 2.83. The first-order valence-electron chi connectivity index (χ1n) is 9.62. The number of fused-ring (bicyclic) bond motifs is 5. The summed E-state index contributed by atoms with van der Waals surface area (Å²) in [5.74, 6) is 2.90. The lowest BCUT2D eigenvalue weighted by molar-refractivity contribution is -0.0272. The highest BCUT2D eigenvalue weighted by Gasteiger charge is 2.59. The first kappa shape index (κ1) is 16.2. The molecule has 0 radical (unpaired) electrons. The summed E-state index contributed by atoms with van der Waals surface area (Å²) in [4.78, 5) is 0. The first-order valence-corrected chi connectivity index (χ1v) is 10.0. The van der Waals surface area contributed by atoms with Gasteiger partial charge < -0.3 is 0 Å². The Morgan fingerprint density at radius 2 is 2.00 bits per heavy atom. The Balaban J connectivity index is 1.75. The predicted molar refractivity (Wildman–Crippen MR) is 95.1 cm³/mol. The second kappa shape index (κ2) is 5.35. The molecule has 128 valence electrons. The summed E-state index contributed by atoms with van der Waals surface area (Å²) >= 11 is 6.71. The Bertz CT molecular complexity index is 564. The van der Waals surface area contributed by atoms with Gasteiger partial charge in [0.1, 0.15) is 6.17 Å². The first-order chi connectivity index (χ1) is 10.9. The molecule has 0 aliphatic heterocycles. The molecule has 2 fully saturated rings. The van der Waals surface area contributed by atoms with E-state index in [1.54, 1.807) is 0 Å². The van der Waals surface area contributed by atoms with E-state index in [9.17, 15) is 4.39 Å². The summed E-state index contributed by atoms with van der Waals surface area (Å²) in [6, 6.07) is 0. The van der Waals surface area contributed by atoms with Gasteiger partial charge >= 0.3 is 0 Å². The Morgan fingerprint density at radius 3 is 2.74 bits per heavy atom. The van der Waals surface area contributed by atoms with E-state index in [0.717, 1.165) is 28.9 Å². The zero-order valence-electron chi connectivity index (χ0n) is 14.7. The summed E-state index contributed by atoms with van der Waals surface area (Å²) in [7, 11) is 0. The zero-order chi connectivity index (χ0) is 16.4. The maximum absolute atomic E-state index is 14.6. The van der Waals surface area contributed by atoms with E-state index in [4.69, 9.17) is 11.6 Å². The van der Waals surface area contributed by atoms with Gasteiger partial charge in [-0.3, -0.25) is 0 Å². The van der Waals surface area contributed by atoms with Crippen molar-refractivity contribution in [3.63, 3.8) is 0 Å². The largest absolute Gasteiger partial charge is 0.242 e. The van der Waals surface area contributed by atoms with Crippen molar-refractivity contribution in [1.82, 2.24) is 0 Å². The summed E-state index contributed by atoms with van der Waals surface area (Å²) in [6.07, 6.45) is 11.6. The fourth-order valence-corrected chi connectivity index (χ4v) is 7.68. The lowest BCUT2D eigenvalue weighted by Gasteiger charge is -2.57. The number of rotatable bonds is 1. The van der Waals surface area contributed by atoms with Crippen molar-refractivity contribution in [3.05, 3.63) is 22.8 Å². The molecule has 7 atom stereocenters. The molecule has 0 amide bonds. The number of halogens is 2. The number of hydrogen-bond donors (Lipinski definition) is 0. The van der Waals surface area contributed by atoms with Crippen molar-refractivity contribution >= 4 is 11.6 Å². The molecule has 0 N–H and O–H groups in total. The highest BCUT2D eigenvalue weighted by atomic mass is 35.5. The smallest absolute Gasteiger partial charge is 0.127 e. The maximum atomic E-state index is 14.6. The van der Waals surface area contributed by atoms with Crippen molar-refractivity contribution in [1.29, 1.82) is 0 Å². The highest BCUT2D eigenvalue weighted by Crippen LogP contribution is 2.67. The SMILES string of the molecule is CC[C@H]1CC[C@H]2[C@@H]3CC(Cl)=C4C(F)CC=C[C@]4(C)[C@H]3CC[C@]12C. The van der Waals surface area contributed by atoms with Crippen molar-refractivity contribution in [2.45, 2.75) is 71.9 Å². The van der Waals surface area contributed by atoms with Crippen LogP contribution in [0.5, 0.6) is 0 Å². The molecule has 0 heterocycles. The molecule has 23 heavy (non-hydrogen) atoms. The molecule has 0 spiro atoms. The van der Waals surface area contributed by atoms with Crippen molar-refractivity contribution in [2.75, 3.05) is 0 Å². The molecule has 4 rings (SSSR count). The summed E-state index contributed by atoms with van der Waals surface area (Å²) in [5, 5.41) is 0.856. The number of hydrogen-bond acceptors (Lipinski definition) is 0. The molecule has 0 aromatic carbocycles. The number of alkyl halides is 1. The lowest BCUT2D eigenvalue weighted by Crippen LogP contribution is -2.50. The van der Waals surface area contributed by atoms with Gasteiger partial charge in [-0.25, -0.2) is 4.39 Å². The van der Waals surface area contributed by atoms with Gasteiger partial charge in [-0.2, -0.15) is 0 Å². The van der Waals surface area contributed by atoms with Crippen LogP contribution in [0.25, 0.3) is 0 Å². The van der Waals surface area contributed by atoms with Crippen molar-refractivity contribution in [3.8, 4) is 0 Å². The summed E-state index contributed by atoms with van der Waals surface area (Å²) in [5.41, 5.74) is 1.29. The Hall–Kier alpha value is -0.300. The molecular formula is C21H30ClF. The molecule has 2 heteroatoms. The topological polar surface area (TPSA) is 0 Å². The molecule has 4 aliphatic rings. The van der Waals surface area contributed by atoms with Crippen LogP contribution in [0.1, 0.15) is 65.7 Å². The minimum atomic E-state index is -0.862. The van der Waals surface area contributed by atoms with Crippen LogP contribution in [-0.4, -0.2) is 6.17 Å². The van der Waals surface area contributed by atoms with Gasteiger partial charge in [0.05, 0.1) is 0 Å². The highest BCUT2D eigenvalue weighted by molar-refractivity contribution is 6.30. The van der Waals surface area contributed by atoms with Gasteiger partial charge in [0.2, 0.25) is 0 Å². The molecule has 1 unspecified atom stereocenters. The minimum Gasteiger partial charge on any atom is -0.242 e. The van der Waals surface area contributed by atoms with Crippen LogP contribution in [0.4, 0.5) is 4.39 Å². The lowest BCUT2D eigenvalue weighted by atomic mass is 9.48. The third-order valence-electron chi connectivity index (χ3n) is 8.30. The third kappa shape index (κ3) is 2.08. The second-order valence-electron chi connectivity index (χ2n) is 9.01. The van der Waals surface area contributed by atoms with Crippen LogP contribution < -0.4 is 0 Å². The molecule has 2 saturated carbocycles. The molecule has 0 saturated heterocycles. The molecule has 0 bridgehead atoms. The van der Waals surface area contributed by atoms with Gasteiger partial charge in [0.15, 0.2) is 0 Å². The Morgan fingerprint density at radius 1 is 1.22 bits per heavy atom. The van der Waals surface area contributed by atoms with E-state index in [1.807, 2.05) is 0 Å². The van der Waals surface area contributed by atoms with E-state index in [0.29, 0.717) is 23.7 Å². The van der Waals surface area contributed by atoms with Crippen molar-refractivity contribution in [2.24, 2.45) is 34.5 Å². The Kier molecular flexibility index (Phi) is 3.76. The fourth-order valence-electron chi connectivity index (χ4n) is 7.18. The standard InChI is InChI=1S/C21H30ClF/c1-4-13-7-8-15-14-12-17(22)19-18(23)6-5-10-21(19,3)16(14)9-11-20(13,15)2/h5,10,13-16,18H,4,6-9,11-12H2,1-3H3/t13-,14-,15-,16-,18?,20+,21+/m0/s1. The predicted octanol–water partition coefficient (Wildman–Crippen LogP) is 6.66. The van der Waals surface area contributed by atoms with Gasteiger partial charge in [0.25, 0.3) is 0 Å². The van der Waals surface area contributed by atoms with E-state index >= 15 is 0 Å². The van der Waals surface area contributed by atoms with Gasteiger partial charge in [-0.15, -0.1) is 0 Å². The normalized spacial score (nSPS) is 52.1. The molecule has 0 aromatic rings. The molecule has 0 nitrogen and oxygen atoms in total. The van der Waals surface area contributed by atoms with Crippen LogP contribution in [-0.2, 0) is 0 Å². The van der Waals surface area contributed by atoms with Crippen LogP contribution in [0.3, 0.4) is 0 Å². The monoisotopic (exact) mass is 336 g/mol. The summed E-state index contributed by atoms with van der Waals surface area (Å²) < 4.78 is 14.6. The maximum Gasteiger partial charge on any atom is 0.127 e. The molecule has 4 aliphatic carbocycles. The van der Waals surface area contributed by atoms with Gasteiger partial charge in [-0.05, 0) is 66.8 Å². The van der Waals surface area contributed by atoms with Crippen LogP contribution in [0.15, 0.2) is 22.8 Å². The fraction of sp³-hybridized carbons (Fsp3) is 0.810. The minimum absolute atomic E-state index is 0.136. The van der Waals surface area contributed by atoms with Crippen LogP contribution in [0, 0.1) is 34.5 Å². The molecular weight excluding hydrogens is 307 g/mol. The average molecular weight is 337 g/mol. The van der Waals surface area contributed by atoms with Crippen molar-refractivity contribution < 1.29 is 4.39 Å². The molecule has 0 aromatic heterocycles. The quantitative estimate of drug-likeness (QED) is 0.470.